The Labute approximate surface area is 212 Å². The van der Waals surface area contributed by atoms with Crippen LogP contribution in [0, 0.1) is 10.1 Å². The van der Waals surface area contributed by atoms with Gasteiger partial charge in [0.1, 0.15) is 4.32 Å². The predicted molar refractivity (Wildman–Crippen MR) is 145 cm³/mol. The monoisotopic (exact) mass is 514 g/mol. The van der Waals surface area contributed by atoms with Gasteiger partial charge in [-0.1, -0.05) is 54.3 Å². The maximum atomic E-state index is 13.5. The van der Waals surface area contributed by atoms with Gasteiger partial charge in [-0.3, -0.25) is 10.1 Å². The van der Waals surface area contributed by atoms with Crippen LogP contribution in [0.1, 0.15) is 5.56 Å². The first-order valence-corrected chi connectivity index (χ1v) is 13.4. The summed E-state index contributed by atoms with van der Waals surface area (Å²) in [5.41, 5.74) is 2.19. The molecule has 7 nitrogen and oxygen atoms in total. The third-order valence-electron chi connectivity index (χ3n) is 5.77. The summed E-state index contributed by atoms with van der Waals surface area (Å²) in [4.78, 5) is 15.5. The molecule has 4 rings (SSSR count). The van der Waals surface area contributed by atoms with E-state index in [9.17, 15) is 14.7 Å². The zero-order chi connectivity index (χ0) is 24.2. The summed E-state index contributed by atoms with van der Waals surface area (Å²) < 4.78 is 16.3. The van der Waals surface area contributed by atoms with Crippen LogP contribution in [0.3, 0.4) is 0 Å². The minimum Gasteiger partial charge on any atom is -0.593 e. The SMILES string of the molecule is CN(C)c1cccc2c([S+]([O-])N3CCN(C(=S)SCc4ccc([N+](=O)[O-])cc4)CC3)cccc12. The van der Waals surface area contributed by atoms with Gasteiger partial charge in [0.05, 0.1) is 29.4 Å². The molecule has 1 aliphatic heterocycles. The van der Waals surface area contributed by atoms with Gasteiger partial charge in [0, 0.05) is 61.5 Å². The molecule has 34 heavy (non-hydrogen) atoms. The number of nitrogens with zero attached hydrogens (tertiary/aromatic N) is 4. The van der Waals surface area contributed by atoms with Crippen LogP contribution in [-0.2, 0) is 17.1 Å². The van der Waals surface area contributed by atoms with Gasteiger partial charge in [-0.2, -0.15) is 0 Å². The second kappa shape index (κ2) is 10.9. The molecule has 0 aliphatic carbocycles. The highest BCUT2D eigenvalue weighted by Gasteiger charge is 2.30. The molecule has 1 aliphatic rings. The number of nitro groups is 1. The van der Waals surface area contributed by atoms with Gasteiger partial charge in [0.2, 0.25) is 0 Å². The summed E-state index contributed by atoms with van der Waals surface area (Å²) >= 11 is 5.92. The number of anilines is 1. The summed E-state index contributed by atoms with van der Waals surface area (Å²) in [6.07, 6.45) is 0. The Balaban J connectivity index is 1.36. The van der Waals surface area contributed by atoms with Crippen molar-refractivity contribution in [3.05, 3.63) is 76.3 Å². The largest absolute Gasteiger partial charge is 0.593 e. The van der Waals surface area contributed by atoms with Crippen LogP contribution in [0.25, 0.3) is 10.8 Å². The lowest BCUT2D eigenvalue weighted by molar-refractivity contribution is -0.384. The normalized spacial score (nSPS) is 15.3. The predicted octanol–water partition coefficient (Wildman–Crippen LogP) is 4.67. The number of rotatable bonds is 6. The van der Waals surface area contributed by atoms with Crippen LogP contribution in [0.5, 0.6) is 0 Å². The summed E-state index contributed by atoms with van der Waals surface area (Å²) in [6, 6.07) is 18.7. The third kappa shape index (κ3) is 5.47. The Morgan fingerprint density at radius 1 is 1.03 bits per heavy atom. The first kappa shape index (κ1) is 24.7. The van der Waals surface area contributed by atoms with Crippen molar-refractivity contribution in [2.45, 2.75) is 10.6 Å². The van der Waals surface area contributed by atoms with Gasteiger partial charge in [-0.05, 0) is 23.8 Å². The standard InChI is InChI=1S/C24H26N4O3S3/c1-25(2)22-7-3-6-21-20(22)5-4-8-23(21)34(31)27-15-13-26(14-16-27)24(32)33-17-18-9-11-19(12-10-18)28(29)30/h3-12H,13-17H2,1-2H3. The van der Waals surface area contributed by atoms with Crippen molar-refractivity contribution in [2.75, 3.05) is 45.2 Å². The number of non-ortho nitro benzene ring substituents is 1. The average Bonchev–Trinajstić information content (AvgIpc) is 2.86. The Morgan fingerprint density at radius 3 is 2.32 bits per heavy atom. The number of benzene rings is 3. The first-order valence-electron chi connectivity index (χ1n) is 10.9. The highest BCUT2D eigenvalue weighted by Crippen LogP contribution is 2.32. The fraction of sp³-hybridized carbons (Fsp3) is 0.292. The van der Waals surface area contributed by atoms with Crippen molar-refractivity contribution >= 4 is 61.8 Å². The molecular formula is C24H26N4O3S3. The Bertz CT molecular complexity index is 1180. The van der Waals surface area contributed by atoms with E-state index in [1.54, 1.807) is 23.9 Å². The van der Waals surface area contributed by atoms with E-state index in [2.05, 4.69) is 21.9 Å². The molecule has 1 unspecified atom stereocenters. The molecule has 1 heterocycles. The molecule has 3 aromatic rings. The lowest BCUT2D eigenvalue weighted by atomic mass is 10.1. The highest BCUT2D eigenvalue weighted by atomic mass is 32.2. The summed E-state index contributed by atoms with van der Waals surface area (Å²) in [7, 11) is 4.03. The lowest BCUT2D eigenvalue weighted by Gasteiger charge is -2.35. The van der Waals surface area contributed by atoms with Gasteiger partial charge in [0.15, 0.2) is 4.90 Å². The molecule has 0 amide bonds. The van der Waals surface area contributed by atoms with Crippen LogP contribution in [0.2, 0.25) is 0 Å². The van der Waals surface area contributed by atoms with E-state index in [4.69, 9.17) is 12.2 Å². The minimum absolute atomic E-state index is 0.0876. The van der Waals surface area contributed by atoms with Crippen LogP contribution >= 0.6 is 24.0 Å². The highest BCUT2D eigenvalue weighted by molar-refractivity contribution is 8.22. The molecule has 1 fully saturated rings. The van der Waals surface area contributed by atoms with E-state index < -0.39 is 16.3 Å². The van der Waals surface area contributed by atoms with E-state index in [1.165, 1.54) is 12.1 Å². The van der Waals surface area contributed by atoms with E-state index in [1.807, 2.05) is 42.7 Å². The molecule has 178 valence electrons. The number of nitro benzene ring substituents is 1. The van der Waals surface area contributed by atoms with Crippen LogP contribution < -0.4 is 4.90 Å². The fourth-order valence-electron chi connectivity index (χ4n) is 3.93. The molecule has 0 spiro atoms. The third-order valence-corrected chi connectivity index (χ3v) is 8.93. The molecule has 3 aromatic carbocycles. The molecule has 0 bridgehead atoms. The van der Waals surface area contributed by atoms with E-state index >= 15 is 0 Å². The molecule has 0 saturated carbocycles. The van der Waals surface area contributed by atoms with Crippen LogP contribution in [-0.4, -0.2) is 63.3 Å². The number of thiocarbonyl (C=S) groups is 1. The van der Waals surface area contributed by atoms with Gasteiger partial charge < -0.3 is 14.4 Å². The zero-order valence-corrected chi connectivity index (χ0v) is 21.5. The van der Waals surface area contributed by atoms with Gasteiger partial charge in [-0.15, -0.1) is 4.31 Å². The van der Waals surface area contributed by atoms with E-state index in [0.717, 1.165) is 31.2 Å². The van der Waals surface area contributed by atoms with Crippen molar-refractivity contribution in [3.8, 4) is 0 Å². The maximum absolute atomic E-state index is 13.5. The van der Waals surface area contributed by atoms with Gasteiger partial charge in [0.25, 0.3) is 5.69 Å². The van der Waals surface area contributed by atoms with Crippen molar-refractivity contribution in [2.24, 2.45) is 0 Å². The van der Waals surface area contributed by atoms with E-state index in [0.29, 0.717) is 31.9 Å². The fourth-order valence-corrected chi connectivity index (χ4v) is 6.47. The number of fused-ring (bicyclic) bond motifs is 1. The molecule has 0 aromatic heterocycles. The van der Waals surface area contributed by atoms with Crippen molar-refractivity contribution < 1.29 is 9.48 Å². The molecule has 10 heteroatoms. The molecule has 1 atom stereocenters. The number of hydrogen-bond acceptors (Lipinski definition) is 7. The smallest absolute Gasteiger partial charge is 0.269 e. The van der Waals surface area contributed by atoms with Crippen LogP contribution in [0.4, 0.5) is 11.4 Å². The number of thioether (sulfide) groups is 1. The second-order valence-electron chi connectivity index (χ2n) is 8.17. The number of hydrogen-bond donors (Lipinski definition) is 0. The minimum atomic E-state index is -1.25. The maximum Gasteiger partial charge on any atom is 0.269 e. The molecule has 0 N–H and O–H groups in total. The lowest BCUT2D eigenvalue weighted by Crippen LogP contribution is -2.49. The molecule has 0 radical (unpaired) electrons. The van der Waals surface area contributed by atoms with Gasteiger partial charge >= 0.3 is 0 Å². The Hall–Kier alpha value is -2.37. The topological polar surface area (TPSA) is 75.9 Å². The van der Waals surface area contributed by atoms with Crippen molar-refractivity contribution in [3.63, 3.8) is 0 Å². The van der Waals surface area contributed by atoms with Crippen molar-refractivity contribution in [1.82, 2.24) is 9.21 Å². The van der Waals surface area contributed by atoms with Crippen molar-refractivity contribution in [1.29, 1.82) is 0 Å². The summed E-state index contributed by atoms with van der Waals surface area (Å²) in [5.74, 6) is 0.660. The quantitative estimate of drug-likeness (QED) is 0.203. The second-order valence-corrected chi connectivity index (χ2v) is 11.2. The molecular weight excluding hydrogens is 488 g/mol. The molecule has 1 saturated heterocycles. The average molecular weight is 515 g/mol. The van der Waals surface area contributed by atoms with Gasteiger partial charge in [-0.25, -0.2) is 0 Å². The summed E-state index contributed by atoms with van der Waals surface area (Å²) in [5, 5.41) is 12.9. The Kier molecular flexibility index (Phi) is 7.95. The number of piperazine rings is 1. The van der Waals surface area contributed by atoms with Crippen LogP contribution in [0.15, 0.2) is 65.6 Å². The first-order chi connectivity index (χ1) is 16.3. The Morgan fingerprint density at radius 2 is 1.68 bits per heavy atom. The summed E-state index contributed by atoms with van der Waals surface area (Å²) in [6.45, 7) is 2.75. The zero-order valence-electron chi connectivity index (χ0n) is 19.0. The van der Waals surface area contributed by atoms with E-state index in [-0.39, 0.29) is 5.69 Å².